The van der Waals surface area contributed by atoms with Crippen LogP contribution in [0, 0.1) is 0 Å². The minimum Gasteiger partial charge on any atom is -0.473 e. The molecule has 3 heterocycles. The molecule has 176 valence electrons. The van der Waals surface area contributed by atoms with E-state index in [2.05, 4.69) is 40.8 Å². The van der Waals surface area contributed by atoms with Gasteiger partial charge in [0.25, 0.3) is 5.88 Å². The van der Waals surface area contributed by atoms with Gasteiger partial charge in [0, 0.05) is 31.5 Å². The first-order valence-corrected chi connectivity index (χ1v) is 12.3. The molecular weight excluding hydrogens is 476 g/mol. The van der Waals surface area contributed by atoms with Crippen LogP contribution in [-0.4, -0.2) is 76.3 Å². The minimum atomic E-state index is 0.173. The summed E-state index contributed by atoms with van der Waals surface area (Å²) in [5.41, 5.74) is 0.771. The molecule has 2 aromatic rings. The monoisotopic (exact) mass is 508 g/mol. The van der Waals surface area contributed by atoms with Gasteiger partial charge < -0.3 is 19.5 Å². The zero-order chi connectivity index (χ0) is 22.3. The zero-order valence-corrected chi connectivity index (χ0v) is 20.5. The van der Waals surface area contributed by atoms with Crippen LogP contribution < -0.4 is 10.1 Å². The van der Waals surface area contributed by atoms with Gasteiger partial charge in [-0.25, -0.2) is 9.97 Å². The van der Waals surface area contributed by atoms with E-state index in [1.165, 1.54) is 12.8 Å². The van der Waals surface area contributed by atoms with Crippen LogP contribution in [0.1, 0.15) is 45.6 Å². The van der Waals surface area contributed by atoms with Crippen LogP contribution in [0.2, 0.25) is 0 Å². The number of aromatic nitrogens is 4. The van der Waals surface area contributed by atoms with E-state index in [-0.39, 0.29) is 6.10 Å². The van der Waals surface area contributed by atoms with Crippen molar-refractivity contribution in [3.8, 4) is 5.88 Å². The number of morpholine rings is 1. The Bertz CT molecular complexity index is 833. The number of anilines is 2. The molecule has 1 saturated carbocycles. The van der Waals surface area contributed by atoms with Crippen molar-refractivity contribution in [1.29, 1.82) is 0 Å². The fraction of sp³-hybridized carbons (Fsp3) is 0.682. The molecule has 32 heavy (non-hydrogen) atoms. The lowest BCUT2D eigenvalue weighted by Gasteiger charge is -2.38. The number of nitrogens with one attached hydrogen (secondary N) is 1. The van der Waals surface area contributed by atoms with Crippen molar-refractivity contribution >= 4 is 27.6 Å². The summed E-state index contributed by atoms with van der Waals surface area (Å²) < 4.78 is 20.0. The zero-order valence-electron chi connectivity index (χ0n) is 18.9. The molecule has 1 aliphatic carbocycles. The van der Waals surface area contributed by atoms with E-state index in [0.29, 0.717) is 37.1 Å². The van der Waals surface area contributed by atoms with Crippen molar-refractivity contribution < 1.29 is 14.2 Å². The summed E-state index contributed by atoms with van der Waals surface area (Å²) in [5.74, 6) is 1.06. The van der Waals surface area contributed by atoms with Crippen LogP contribution in [0.15, 0.2) is 23.1 Å². The van der Waals surface area contributed by atoms with Crippen molar-refractivity contribution in [3.63, 3.8) is 0 Å². The number of halogens is 1. The minimum absolute atomic E-state index is 0.173. The molecular formula is C22H33BrN6O3. The average molecular weight is 509 g/mol. The number of rotatable bonds is 9. The second-order valence-corrected chi connectivity index (χ2v) is 9.47. The molecule has 10 heteroatoms. The molecule has 2 aliphatic rings. The Morgan fingerprint density at radius 1 is 1.09 bits per heavy atom. The standard InChI is InChI=1S/C22H33BrN6O3/c1-16(2)31-11-12-32-21-20(26-22-24-13-17(23)14-25-22)15-29(27-21)19-5-3-18(4-6-19)28-7-9-30-10-8-28/h13-16,18-19H,3-12H2,1-2H3,(H,24,25,26)/t18-,19-. The Kier molecular flexibility index (Phi) is 8.34. The van der Waals surface area contributed by atoms with Gasteiger partial charge in [0.2, 0.25) is 5.95 Å². The Labute approximate surface area is 198 Å². The van der Waals surface area contributed by atoms with E-state index in [1.54, 1.807) is 12.4 Å². The maximum atomic E-state index is 5.96. The van der Waals surface area contributed by atoms with E-state index >= 15 is 0 Å². The van der Waals surface area contributed by atoms with Crippen molar-refractivity contribution in [2.24, 2.45) is 0 Å². The van der Waals surface area contributed by atoms with Crippen molar-refractivity contribution in [3.05, 3.63) is 23.1 Å². The highest BCUT2D eigenvalue weighted by Crippen LogP contribution is 2.34. The molecule has 0 aromatic carbocycles. The lowest BCUT2D eigenvalue weighted by atomic mass is 9.90. The predicted molar refractivity (Wildman–Crippen MR) is 126 cm³/mol. The fourth-order valence-electron chi connectivity index (χ4n) is 4.30. The van der Waals surface area contributed by atoms with Crippen LogP contribution in [0.25, 0.3) is 0 Å². The summed E-state index contributed by atoms with van der Waals surface area (Å²) in [5, 5.41) is 8.03. The number of nitrogens with zero attached hydrogens (tertiary/aromatic N) is 5. The maximum Gasteiger partial charge on any atom is 0.257 e. The number of ether oxygens (including phenoxy) is 3. The van der Waals surface area contributed by atoms with Gasteiger partial charge in [-0.2, -0.15) is 0 Å². The lowest BCUT2D eigenvalue weighted by Crippen LogP contribution is -2.45. The third-order valence-corrected chi connectivity index (χ3v) is 6.35. The van der Waals surface area contributed by atoms with Crippen LogP contribution in [0.5, 0.6) is 5.88 Å². The molecule has 2 fully saturated rings. The topological polar surface area (TPSA) is 86.6 Å². The molecule has 1 aliphatic heterocycles. The molecule has 9 nitrogen and oxygen atoms in total. The fourth-order valence-corrected chi connectivity index (χ4v) is 4.51. The van der Waals surface area contributed by atoms with Gasteiger partial charge in [-0.15, -0.1) is 5.10 Å². The normalized spacial score (nSPS) is 22.2. The van der Waals surface area contributed by atoms with Gasteiger partial charge in [-0.3, -0.25) is 9.58 Å². The third kappa shape index (κ3) is 6.40. The van der Waals surface area contributed by atoms with E-state index in [1.807, 2.05) is 20.0 Å². The molecule has 0 spiro atoms. The Morgan fingerprint density at radius 2 is 1.78 bits per heavy atom. The molecule has 4 rings (SSSR count). The lowest BCUT2D eigenvalue weighted by molar-refractivity contribution is 0.00501. The van der Waals surface area contributed by atoms with Crippen LogP contribution in [0.3, 0.4) is 0 Å². The molecule has 2 aromatic heterocycles. The summed E-state index contributed by atoms with van der Waals surface area (Å²) in [6.07, 6.45) is 10.2. The van der Waals surface area contributed by atoms with E-state index in [9.17, 15) is 0 Å². The first kappa shape index (κ1) is 23.4. The van der Waals surface area contributed by atoms with Gasteiger partial charge >= 0.3 is 0 Å². The van der Waals surface area contributed by atoms with Crippen molar-refractivity contribution in [1.82, 2.24) is 24.6 Å². The van der Waals surface area contributed by atoms with E-state index < -0.39 is 0 Å². The summed E-state index contributed by atoms with van der Waals surface area (Å²) in [4.78, 5) is 11.2. The Morgan fingerprint density at radius 3 is 2.47 bits per heavy atom. The highest BCUT2D eigenvalue weighted by molar-refractivity contribution is 9.10. The molecule has 0 amide bonds. The molecule has 1 saturated heterocycles. The van der Waals surface area contributed by atoms with Crippen LogP contribution in [-0.2, 0) is 9.47 Å². The average Bonchev–Trinajstić information content (AvgIpc) is 3.21. The number of hydrogen-bond donors (Lipinski definition) is 1. The predicted octanol–water partition coefficient (Wildman–Crippen LogP) is 3.80. The smallest absolute Gasteiger partial charge is 0.257 e. The molecule has 0 unspecified atom stereocenters. The summed E-state index contributed by atoms with van der Waals surface area (Å²) in [7, 11) is 0. The van der Waals surface area contributed by atoms with Gasteiger partial charge in [0.05, 0.1) is 42.6 Å². The maximum absolute atomic E-state index is 5.96. The molecule has 0 radical (unpaired) electrons. The summed E-state index contributed by atoms with van der Waals surface area (Å²) in [6.45, 7) is 8.79. The second-order valence-electron chi connectivity index (χ2n) is 8.56. The van der Waals surface area contributed by atoms with E-state index in [4.69, 9.17) is 19.3 Å². The first-order chi connectivity index (χ1) is 15.6. The van der Waals surface area contributed by atoms with Gasteiger partial charge in [0.15, 0.2) is 0 Å². The van der Waals surface area contributed by atoms with E-state index in [0.717, 1.165) is 49.3 Å². The van der Waals surface area contributed by atoms with Gasteiger partial charge in [0.1, 0.15) is 12.3 Å². The highest BCUT2D eigenvalue weighted by atomic mass is 79.9. The van der Waals surface area contributed by atoms with Crippen molar-refractivity contribution in [2.75, 3.05) is 44.8 Å². The summed E-state index contributed by atoms with van der Waals surface area (Å²) >= 11 is 3.37. The highest BCUT2D eigenvalue weighted by Gasteiger charge is 2.29. The first-order valence-electron chi connectivity index (χ1n) is 11.5. The Hall–Kier alpha value is -1.75. The summed E-state index contributed by atoms with van der Waals surface area (Å²) in [6, 6.07) is 1.02. The van der Waals surface area contributed by atoms with Gasteiger partial charge in [-0.05, 0) is 55.5 Å². The molecule has 1 N–H and O–H groups in total. The second kappa shape index (κ2) is 11.4. The third-order valence-electron chi connectivity index (χ3n) is 5.94. The van der Waals surface area contributed by atoms with Gasteiger partial charge in [-0.1, -0.05) is 0 Å². The van der Waals surface area contributed by atoms with Crippen LogP contribution in [0.4, 0.5) is 11.6 Å². The SMILES string of the molecule is CC(C)OCCOc1nn([C@H]2CC[C@H](N3CCOCC3)CC2)cc1Nc1ncc(Br)cn1. The largest absolute Gasteiger partial charge is 0.473 e. The molecule has 0 atom stereocenters. The van der Waals surface area contributed by atoms with Crippen LogP contribution >= 0.6 is 15.9 Å². The van der Waals surface area contributed by atoms with Crippen molar-refractivity contribution in [2.45, 2.75) is 57.7 Å². The number of hydrogen-bond acceptors (Lipinski definition) is 8. The molecule has 0 bridgehead atoms. The quantitative estimate of drug-likeness (QED) is 0.511. The Balaban J connectivity index is 1.41.